The Morgan fingerprint density at radius 2 is 2.00 bits per heavy atom. The molecule has 4 nitrogen and oxygen atoms in total. The monoisotopic (exact) mass is 209 g/mol. The Bertz CT molecular complexity index is 388. The van der Waals surface area contributed by atoms with Crippen LogP contribution < -0.4 is 0 Å². The zero-order valence-electron chi connectivity index (χ0n) is 9.20. The second-order valence-corrected chi connectivity index (χ2v) is 4.17. The number of aromatic nitrogens is 1. The average Bonchev–Trinajstić information content (AvgIpc) is 2.32. The third-order valence-electron chi connectivity index (χ3n) is 2.57. The Morgan fingerprint density at radius 1 is 1.33 bits per heavy atom. The van der Waals surface area contributed by atoms with E-state index in [9.17, 15) is 5.11 Å². The van der Waals surface area contributed by atoms with E-state index in [1.54, 1.807) is 13.1 Å². The van der Waals surface area contributed by atoms with Gasteiger partial charge in [-0.2, -0.15) is 0 Å². The van der Waals surface area contributed by atoms with Crippen LogP contribution in [0.1, 0.15) is 30.7 Å². The van der Waals surface area contributed by atoms with Crippen LogP contribution in [0.3, 0.4) is 0 Å². The highest BCUT2D eigenvalue weighted by Gasteiger charge is 2.25. The number of aryl methyl sites for hydroxylation is 1. The van der Waals surface area contributed by atoms with E-state index in [2.05, 4.69) is 4.98 Å². The number of hydrogen-bond donors (Lipinski definition) is 1. The van der Waals surface area contributed by atoms with Crippen molar-refractivity contribution in [2.24, 2.45) is 0 Å². The predicted molar refractivity (Wildman–Crippen MR) is 54.3 cm³/mol. The normalized spacial score (nSPS) is 19.4. The summed E-state index contributed by atoms with van der Waals surface area (Å²) in [5, 5.41) is 9.84. The molecule has 1 N–H and O–H groups in total. The summed E-state index contributed by atoms with van der Waals surface area (Å²) in [6.07, 6.45) is 1.73. The van der Waals surface area contributed by atoms with Crippen molar-refractivity contribution in [2.75, 3.05) is 0 Å². The van der Waals surface area contributed by atoms with Gasteiger partial charge in [0.15, 0.2) is 5.79 Å². The van der Waals surface area contributed by atoms with E-state index < -0.39 is 5.79 Å². The van der Waals surface area contributed by atoms with Crippen LogP contribution in [-0.2, 0) is 22.7 Å². The molecule has 15 heavy (non-hydrogen) atoms. The van der Waals surface area contributed by atoms with Gasteiger partial charge in [-0.05, 0) is 20.8 Å². The molecule has 1 aliphatic rings. The second-order valence-electron chi connectivity index (χ2n) is 4.17. The van der Waals surface area contributed by atoms with E-state index in [0.29, 0.717) is 18.9 Å². The minimum Gasteiger partial charge on any atom is -0.506 e. The summed E-state index contributed by atoms with van der Waals surface area (Å²) in [4.78, 5) is 4.10. The maximum absolute atomic E-state index is 9.84. The van der Waals surface area contributed by atoms with Gasteiger partial charge in [-0.3, -0.25) is 4.98 Å². The van der Waals surface area contributed by atoms with E-state index in [1.165, 1.54) is 0 Å². The van der Waals surface area contributed by atoms with Gasteiger partial charge in [0.2, 0.25) is 0 Å². The molecule has 0 aromatic carbocycles. The van der Waals surface area contributed by atoms with Gasteiger partial charge in [-0.25, -0.2) is 0 Å². The van der Waals surface area contributed by atoms with E-state index in [-0.39, 0.29) is 5.75 Å². The van der Waals surface area contributed by atoms with Crippen molar-refractivity contribution >= 4 is 0 Å². The van der Waals surface area contributed by atoms with Gasteiger partial charge >= 0.3 is 0 Å². The van der Waals surface area contributed by atoms with Crippen molar-refractivity contribution in [3.63, 3.8) is 0 Å². The SMILES string of the molecule is Cc1ncc2c(c1O)COC(C)(C)OC2. The highest BCUT2D eigenvalue weighted by molar-refractivity contribution is 5.40. The molecule has 2 rings (SSSR count). The van der Waals surface area contributed by atoms with Crippen LogP contribution in [0.2, 0.25) is 0 Å². The Labute approximate surface area is 88.9 Å². The molecule has 1 aliphatic heterocycles. The van der Waals surface area contributed by atoms with E-state index in [4.69, 9.17) is 9.47 Å². The maximum atomic E-state index is 9.84. The smallest absolute Gasteiger partial charge is 0.163 e. The fraction of sp³-hybridized carbons (Fsp3) is 0.545. The summed E-state index contributed by atoms with van der Waals surface area (Å²) >= 11 is 0. The number of hydrogen-bond acceptors (Lipinski definition) is 4. The Hall–Kier alpha value is -1.13. The summed E-state index contributed by atoms with van der Waals surface area (Å²) < 4.78 is 11.1. The molecule has 0 bridgehead atoms. The van der Waals surface area contributed by atoms with Crippen molar-refractivity contribution < 1.29 is 14.6 Å². The van der Waals surface area contributed by atoms with Crippen molar-refractivity contribution in [2.45, 2.75) is 39.8 Å². The summed E-state index contributed by atoms with van der Waals surface area (Å²) in [6.45, 7) is 6.26. The van der Waals surface area contributed by atoms with Gasteiger partial charge in [0, 0.05) is 17.3 Å². The lowest BCUT2D eigenvalue weighted by Crippen LogP contribution is -2.25. The Kier molecular flexibility index (Phi) is 2.40. The summed E-state index contributed by atoms with van der Waals surface area (Å²) in [6, 6.07) is 0. The molecular formula is C11H15NO3. The van der Waals surface area contributed by atoms with Crippen LogP contribution in [0.25, 0.3) is 0 Å². The summed E-state index contributed by atoms with van der Waals surface area (Å²) in [5.41, 5.74) is 2.30. The zero-order chi connectivity index (χ0) is 11.1. The molecule has 82 valence electrons. The average molecular weight is 209 g/mol. The fourth-order valence-electron chi connectivity index (χ4n) is 1.51. The molecule has 0 saturated carbocycles. The number of ether oxygens (including phenoxy) is 2. The van der Waals surface area contributed by atoms with Crippen LogP contribution in [-0.4, -0.2) is 15.9 Å². The largest absolute Gasteiger partial charge is 0.506 e. The number of rotatable bonds is 0. The fourth-order valence-corrected chi connectivity index (χ4v) is 1.51. The number of pyridine rings is 1. The van der Waals surface area contributed by atoms with Gasteiger partial charge in [0.05, 0.1) is 18.9 Å². The molecule has 2 heterocycles. The summed E-state index contributed by atoms with van der Waals surface area (Å²) in [5.74, 6) is -0.395. The molecule has 0 atom stereocenters. The maximum Gasteiger partial charge on any atom is 0.163 e. The van der Waals surface area contributed by atoms with Gasteiger partial charge in [-0.15, -0.1) is 0 Å². The van der Waals surface area contributed by atoms with Crippen molar-refractivity contribution in [1.82, 2.24) is 4.98 Å². The lowest BCUT2D eigenvalue weighted by atomic mass is 10.1. The van der Waals surface area contributed by atoms with Crippen LogP contribution in [0.4, 0.5) is 0 Å². The van der Waals surface area contributed by atoms with Gasteiger partial charge < -0.3 is 14.6 Å². The first-order valence-corrected chi connectivity index (χ1v) is 4.94. The topological polar surface area (TPSA) is 51.6 Å². The van der Waals surface area contributed by atoms with Crippen LogP contribution in [0.15, 0.2) is 6.20 Å². The molecule has 0 saturated heterocycles. The van der Waals surface area contributed by atoms with Crippen LogP contribution >= 0.6 is 0 Å². The first-order valence-electron chi connectivity index (χ1n) is 4.94. The van der Waals surface area contributed by atoms with Crippen LogP contribution in [0, 0.1) is 6.92 Å². The van der Waals surface area contributed by atoms with E-state index in [1.807, 2.05) is 13.8 Å². The second kappa shape index (κ2) is 3.47. The van der Waals surface area contributed by atoms with Crippen molar-refractivity contribution in [3.8, 4) is 5.75 Å². The molecule has 0 amide bonds. The highest BCUT2D eigenvalue weighted by atomic mass is 16.7. The van der Waals surface area contributed by atoms with E-state index in [0.717, 1.165) is 11.1 Å². The van der Waals surface area contributed by atoms with Gasteiger partial charge in [0.25, 0.3) is 0 Å². The zero-order valence-corrected chi connectivity index (χ0v) is 9.20. The van der Waals surface area contributed by atoms with Gasteiger partial charge in [0.1, 0.15) is 5.75 Å². The first kappa shape index (κ1) is 10.4. The Morgan fingerprint density at radius 3 is 2.73 bits per heavy atom. The molecule has 0 spiro atoms. The van der Waals surface area contributed by atoms with E-state index >= 15 is 0 Å². The third-order valence-corrected chi connectivity index (χ3v) is 2.57. The van der Waals surface area contributed by atoms with Crippen molar-refractivity contribution in [3.05, 3.63) is 23.0 Å². The number of fused-ring (bicyclic) bond motifs is 1. The lowest BCUT2D eigenvalue weighted by Gasteiger charge is -2.22. The highest BCUT2D eigenvalue weighted by Crippen LogP contribution is 2.30. The molecule has 1 aromatic heterocycles. The first-order chi connectivity index (χ1) is 6.99. The van der Waals surface area contributed by atoms with Crippen molar-refractivity contribution in [1.29, 1.82) is 0 Å². The van der Waals surface area contributed by atoms with Crippen LogP contribution in [0.5, 0.6) is 5.75 Å². The number of aromatic hydroxyl groups is 1. The minimum absolute atomic E-state index is 0.216. The number of nitrogens with zero attached hydrogens (tertiary/aromatic N) is 1. The Balaban J connectivity index is 2.40. The molecule has 0 unspecified atom stereocenters. The molecule has 0 fully saturated rings. The van der Waals surface area contributed by atoms with Gasteiger partial charge in [-0.1, -0.05) is 0 Å². The molecule has 1 aromatic rings. The predicted octanol–water partition coefficient (Wildman–Crippen LogP) is 1.88. The summed E-state index contributed by atoms with van der Waals surface area (Å²) in [7, 11) is 0. The standard InChI is InChI=1S/C11H15NO3/c1-7-10(13)9-6-15-11(2,3)14-5-8(9)4-12-7/h4,13H,5-6H2,1-3H3. The quantitative estimate of drug-likeness (QED) is 0.708. The minimum atomic E-state index is -0.612. The molecule has 0 aliphatic carbocycles. The third kappa shape index (κ3) is 1.96. The molecule has 4 heteroatoms. The lowest BCUT2D eigenvalue weighted by molar-refractivity contribution is -0.219. The molecule has 0 radical (unpaired) electrons. The molecular weight excluding hydrogens is 194 g/mol.